The second-order valence-electron chi connectivity index (χ2n) is 3.76. The number of hydrogen-bond donors (Lipinski definition) is 2. The predicted molar refractivity (Wildman–Crippen MR) is 68.4 cm³/mol. The summed E-state index contributed by atoms with van der Waals surface area (Å²) in [6, 6.07) is 3.39. The summed E-state index contributed by atoms with van der Waals surface area (Å²) in [7, 11) is 0. The molecule has 0 aliphatic rings. The van der Waals surface area contributed by atoms with Crippen LogP contribution in [0.1, 0.15) is 17.0 Å². The van der Waals surface area contributed by atoms with Crippen molar-refractivity contribution in [3.05, 3.63) is 40.3 Å². The molecule has 6 nitrogen and oxygen atoms in total. The highest BCUT2D eigenvalue weighted by molar-refractivity contribution is 6.31. The van der Waals surface area contributed by atoms with E-state index in [4.69, 9.17) is 22.5 Å². The standard InChI is InChI=1S/C11H12ClN5O/c1-6-9(12)7(2)17(15-6)11-8(10(13)16-18)4-3-5-14-11/h3-5,18H,1-2H3,(H2,13,16). The number of pyridine rings is 1. The quantitative estimate of drug-likeness (QED) is 0.374. The molecule has 94 valence electrons. The average molecular weight is 266 g/mol. The first-order chi connectivity index (χ1) is 8.56. The van der Waals surface area contributed by atoms with Crippen LogP contribution in [-0.4, -0.2) is 25.8 Å². The molecule has 2 aromatic heterocycles. The van der Waals surface area contributed by atoms with E-state index in [2.05, 4.69) is 15.2 Å². The van der Waals surface area contributed by atoms with E-state index < -0.39 is 0 Å². The molecule has 0 aliphatic heterocycles. The van der Waals surface area contributed by atoms with E-state index in [1.807, 2.05) is 6.92 Å². The molecule has 0 atom stereocenters. The summed E-state index contributed by atoms with van der Waals surface area (Å²) in [4.78, 5) is 4.20. The molecule has 2 rings (SSSR count). The molecule has 0 fully saturated rings. The zero-order valence-electron chi connectivity index (χ0n) is 9.92. The van der Waals surface area contributed by atoms with E-state index in [1.54, 1.807) is 29.9 Å². The molecule has 7 heteroatoms. The van der Waals surface area contributed by atoms with Gasteiger partial charge in [0.05, 0.1) is 22.0 Å². The van der Waals surface area contributed by atoms with Gasteiger partial charge in [0.1, 0.15) is 0 Å². The fourth-order valence-corrected chi connectivity index (χ4v) is 1.77. The van der Waals surface area contributed by atoms with Gasteiger partial charge >= 0.3 is 0 Å². The highest BCUT2D eigenvalue weighted by Gasteiger charge is 2.16. The van der Waals surface area contributed by atoms with E-state index in [0.29, 0.717) is 22.1 Å². The predicted octanol–water partition coefficient (Wildman–Crippen LogP) is 1.63. The summed E-state index contributed by atoms with van der Waals surface area (Å²) in [5.74, 6) is 0.446. The van der Waals surface area contributed by atoms with E-state index in [-0.39, 0.29) is 5.84 Å². The Morgan fingerprint density at radius 2 is 2.22 bits per heavy atom. The Bertz CT molecular complexity index is 620. The van der Waals surface area contributed by atoms with Crippen molar-refractivity contribution in [1.82, 2.24) is 14.8 Å². The van der Waals surface area contributed by atoms with E-state index >= 15 is 0 Å². The maximum absolute atomic E-state index is 8.77. The first kappa shape index (κ1) is 12.4. The van der Waals surface area contributed by atoms with E-state index in [0.717, 1.165) is 5.69 Å². The molecule has 3 N–H and O–H groups in total. The highest BCUT2D eigenvalue weighted by Crippen LogP contribution is 2.22. The third-order valence-corrected chi connectivity index (χ3v) is 3.12. The van der Waals surface area contributed by atoms with Crippen LogP contribution in [0.5, 0.6) is 0 Å². The van der Waals surface area contributed by atoms with E-state index in [1.165, 1.54) is 0 Å². The minimum Gasteiger partial charge on any atom is -0.409 e. The molecule has 18 heavy (non-hydrogen) atoms. The molecule has 0 saturated heterocycles. The number of halogens is 1. The monoisotopic (exact) mass is 265 g/mol. The summed E-state index contributed by atoms with van der Waals surface area (Å²) < 4.78 is 1.57. The molecule has 2 aromatic rings. The maximum Gasteiger partial charge on any atom is 0.173 e. The largest absolute Gasteiger partial charge is 0.409 e. The molecule has 0 unspecified atom stereocenters. The molecule has 2 heterocycles. The van der Waals surface area contributed by atoms with Crippen LogP contribution in [0.4, 0.5) is 0 Å². The van der Waals surface area contributed by atoms with Crippen LogP contribution in [0.25, 0.3) is 5.82 Å². The maximum atomic E-state index is 8.77. The first-order valence-corrected chi connectivity index (χ1v) is 5.59. The van der Waals surface area contributed by atoms with Crippen molar-refractivity contribution < 1.29 is 5.21 Å². The Labute approximate surface area is 109 Å². The number of oxime groups is 1. The van der Waals surface area contributed by atoms with Gasteiger partial charge in [-0.2, -0.15) is 5.10 Å². The lowest BCUT2D eigenvalue weighted by Crippen LogP contribution is -2.18. The van der Waals surface area contributed by atoms with Gasteiger partial charge in [0.25, 0.3) is 0 Å². The Kier molecular flexibility index (Phi) is 3.20. The number of nitrogens with two attached hydrogens (primary N) is 1. The molecule has 0 aromatic carbocycles. The third kappa shape index (κ3) is 1.91. The van der Waals surface area contributed by atoms with Crippen LogP contribution < -0.4 is 5.73 Å². The minimum absolute atomic E-state index is 0.0261. The van der Waals surface area contributed by atoms with Gasteiger partial charge in [0.15, 0.2) is 11.7 Å². The van der Waals surface area contributed by atoms with Crippen LogP contribution in [0.2, 0.25) is 5.02 Å². The third-order valence-electron chi connectivity index (χ3n) is 2.57. The van der Waals surface area contributed by atoms with Crippen LogP contribution in [-0.2, 0) is 0 Å². The zero-order chi connectivity index (χ0) is 13.3. The summed E-state index contributed by atoms with van der Waals surface area (Å²) in [6.45, 7) is 3.63. The van der Waals surface area contributed by atoms with Crippen molar-refractivity contribution in [3.8, 4) is 5.82 Å². The van der Waals surface area contributed by atoms with Gasteiger partial charge in [-0.1, -0.05) is 16.8 Å². The van der Waals surface area contributed by atoms with E-state index in [9.17, 15) is 0 Å². The molecule has 0 spiro atoms. The molecule has 0 amide bonds. The Morgan fingerprint density at radius 3 is 2.78 bits per heavy atom. The van der Waals surface area contributed by atoms with Crippen LogP contribution in [0.3, 0.4) is 0 Å². The molecule has 0 aliphatic carbocycles. The average Bonchev–Trinajstić information content (AvgIpc) is 2.65. The SMILES string of the molecule is Cc1nn(-c2ncccc2C(N)=NO)c(C)c1Cl. The van der Waals surface area contributed by atoms with Gasteiger partial charge in [-0.25, -0.2) is 9.67 Å². The zero-order valence-corrected chi connectivity index (χ0v) is 10.7. The summed E-state index contributed by atoms with van der Waals surface area (Å²) >= 11 is 6.09. The fraction of sp³-hybridized carbons (Fsp3) is 0.182. The van der Waals surface area contributed by atoms with Gasteiger partial charge < -0.3 is 10.9 Å². The van der Waals surface area contributed by atoms with Gasteiger partial charge in [-0.15, -0.1) is 0 Å². The number of aryl methyl sites for hydroxylation is 1. The van der Waals surface area contributed by atoms with Crippen molar-refractivity contribution in [2.75, 3.05) is 0 Å². The second-order valence-corrected chi connectivity index (χ2v) is 4.13. The number of aromatic nitrogens is 3. The molecule has 0 radical (unpaired) electrons. The Hall–Kier alpha value is -2.08. The number of amidine groups is 1. The number of hydrogen-bond acceptors (Lipinski definition) is 4. The van der Waals surface area contributed by atoms with Gasteiger partial charge in [-0.3, -0.25) is 0 Å². The summed E-state index contributed by atoms with van der Waals surface area (Å²) in [5, 5.41) is 16.6. The molecular weight excluding hydrogens is 254 g/mol. The number of nitrogens with zero attached hydrogens (tertiary/aromatic N) is 4. The topological polar surface area (TPSA) is 89.3 Å². The highest BCUT2D eigenvalue weighted by atomic mass is 35.5. The minimum atomic E-state index is -0.0261. The summed E-state index contributed by atoms with van der Waals surface area (Å²) in [6.07, 6.45) is 1.61. The lowest BCUT2D eigenvalue weighted by atomic mass is 10.2. The van der Waals surface area contributed by atoms with Crippen molar-refractivity contribution in [1.29, 1.82) is 0 Å². The Morgan fingerprint density at radius 1 is 1.50 bits per heavy atom. The summed E-state index contributed by atoms with van der Waals surface area (Å²) in [5.41, 5.74) is 7.55. The fourth-order valence-electron chi connectivity index (χ4n) is 1.65. The van der Waals surface area contributed by atoms with Gasteiger partial charge in [-0.05, 0) is 26.0 Å². The smallest absolute Gasteiger partial charge is 0.173 e. The second kappa shape index (κ2) is 4.66. The molecule has 0 bridgehead atoms. The lowest BCUT2D eigenvalue weighted by Gasteiger charge is -2.08. The van der Waals surface area contributed by atoms with Crippen LogP contribution >= 0.6 is 11.6 Å². The van der Waals surface area contributed by atoms with Crippen LogP contribution in [0, 0.1) is 13.8 Å². The van der Waals surface area contributed by atoms with Crippen molar-refractivity contribution in [2.45, 2.75) is 13.8 Å². The molecular formula is C11H12ClN5O. The first-order valence-electron chi connectivity index (χ1n) is 5.21. The van der Waals surface area contributed by atoms with Crippen molar-refractivity contribution in [2.24, 2.45) is 10.9 Å². The van der Waals surface area contributed by atoms with Crippen LogP contribution in [0.15, 0.2) is 23.5 Å². The van der Waals surface area contributed by atoms with Crippen molar-refractivity contribution in [3.63, 3.8) is 0 Å². The lowest BCUT2D eigenvalue weighted by molar-refractivity contribution is 0.318. The normalized spacial score (nSPS) is 11.8. The molecule has 0 saturated carbocycles. The van der Waals surface area contributed by atoms with Gasteiger partial charge in [0, 0.05) is 6.20 Å². The number of rotatable bonds is 2. The van der Waals surface area contributed by atoms with Crippen molar-refractivity contribution >= 4 is 17.4 Å². The van der Waals surface area contributed by atoms with Gasteiger partial charge in [0.2, 0.25) is 0 Å². The Balaban J connectivity index is 2.68.